The minimum absolute atomic E-state index is 0.442. The molecule has 3 atom stereocenters. The van der Waals surface area contributed by atoms with Crippen molar-refractivity contribution in [3.8, 4) is 0 Å². The van der Waals surface area contributed by atoms with Gasteiger partial charge in [0.15, 0.2) is 0 Å². The van der Waals surface area contributed by atoms with Crippen LogP contribution >= 0.6 is 0 Å². The topological polar surface area (TPSA) is 27.7 Å². The van der Waals surface area contributed by atoms with Crippen molar-refractivity contribution in [2.75, 3.05) is 45.9 Å². The Morgan fingerprint density at radius 2 is 1.95 bits per heavy atom. The van der Waals surface area contributed by atoms with Gasteiger partial charge in [-0.3, -0.25) is 9.80 Å². The normalized spacial score (nSPS) is 28.6. The Morgan fingerprint density at radius 1 is 1.20 bits per heavy atom. The van der Waals surface area contributed by atoms with Gasteiger partial charge in [0.2, 0.25) is 0 Å². The Bertz CT molecular complexity index is 260. The standard InChI is InChI=1S/C16H33N3O/c1-4-14(2)19-11-9-18(10-12-19)8-7-17-15(3)16-6-5-13-20-16/h14-17H,4-13H2,1-3H3. The lowest BCUT2D eigenvalue weighted by Crippen LogP contribution is -2.51. The van der Waals surface area contributed by atoms with E-state index in [0.29, 0.717) is 12.1 Å². The SMILES string of the molecule is CCC(C)N1CCN(CCNC(C)C2CCCO2)CC1. The third-order valence-electron chi connectivity index (χ3n) is 5.04. The average Bonchev–Trinajstić information content (AvgIpc) is 3.01. The van der Waals surface area contributed by atoms with Gasteiger partial charge in [-0.05, 0) is 33.1 Å². The Balaban J connectivity index is 1.56. The number of ether oxygens (including phenoxy) is 1. The summed E-state index contributed by atoms with van der Waals surface area (Å²) >= 11 is 0. The monoisotopic (exact) mass is 283 g/mol. The van der Waals surface area contributed by atoms with Crippen LogP contribution in [0.1, 0.15) is 40.0 Å². The third-order valence-corrected chi connectivity index (χ3v) is 5.04. The van der Waals surface area contributed by atoms with Crippen LogP contribution in [-0.2, 0) is 4.74 Å². The van der Waals surface area contributed by atoms with Gasteiger partial charge >= 0.3 is 0 Å². The molecule has 118 valence electrons. The summed E-state index contributed by atoms with van der Waals surface area (Å²) in [5, 5.41) is 3.64. The van der Waals surface area contributed by atoms with Crippen molar-refractivity contribution in [3.63, 3.8) is 0 Å². The predicted octanol–water partition coefficient (Wildman–Crippen LogP) is 1.56. The lowest BCUT2D eigenvalue weighted by atomic mass is 10.1. The molecule has 2 aliphatic heterocycles. The van der Waals surface area contributed by atoms with E-state index in [9.17, 15) is 0 Å². The van der Waals surface area contributed by atoms with Crippen molar-refractivity contribution in [3.05, 3.63) is 0 Å². The fraction of sp³-hybridized carbons (Fsp3) is 1.00. The molecule has 0 saturated carbocycles. The lowest BCUT2D eigenvalue weighted by Gasteiger charge is -2.38. The van der Waals surface area contributed by atoms with Crippen molar-refractivity contribution < 1.29 is 4.74 Å². The fourth-order valence-electron chi connectivity index (χ4n) is 3.26. The molecule has 4 nitrogen and oxygen atoms in total. The van der Waals surface area contributed by atoms with Crippen LogP contribution in [-0.4, -0.2) is 73.9 Å². The summed E-state index contributed by atoms with van der Waals surface area (Å²) in [7, 11) is 0. The van der Waals surface area contributed by atoms with Crippen LogP contribution in [0, 0.1) is 0 Å². The molecule has 1 N–H and O–H groups in total. The second-order valence-electron chi connectivity index (χ2n) is 6.43. The second-order valence-corrected chi connectivity index (χ2v) is 6.43. The van der Waals surface area contributed by atoms with E-state index in [-0.39, 0.29) is 0 Å². The van der Waals surface area contributed by atoms with E-state index in [1.807, 2.05) is 0 Å². The highest BCUT2D eigenvalue weighted by Gasteiger charge is 2.23. The average molecular weight is 283 g/mol. The zero-order chi connectivity index (χ0) is 14.4. The van der Waals surface area contributed by atoms with E-state index in [4.69, 9.17) is 4.74 Å². The molecule has 0 aromatic carbocycles. The molecule has 2 fully saturated rings. The number of hydrogen-bond acceptors (Lipinski definition) is 4. The molecule has 20 heavy (non-hydrogen) atoms. The first-order valence-corrected chi connectivity index (χ1v) is 8.52. The number of nitrogens with zero attached hydrogens (tertiary/aromatic N) is 2. The van der Waals surface area contributed by atoms with Crippen molar-refractivity contribution in [2.45, 2.75) is 58.2 Å². The number of nitrogens with one attached hydrogen (secondary N) is 1. The maximum absolute atomic E-state index is 5.73. The van der Waals surface area contributed by atoms with Gasteiger partial charge in [-0.1, -0.05) is 6.92 Å². The third kappa shape index (κ3) is 4.69. The summed E-state index contributed by atoms with van der Waals surface area (Å²) in [6.07, 6.45) is 4.16. The molecule has 0 aromatic rings. The molecule has 2 aliphatic rings. The van der Waals surface area contributed by atoms with Crippen LogP contribution in [0.3, 0.4) is 0 Å². The molecule has 3 unspecified atom stereocenters. The predicted molar refractivity (Wildman–Crippen MR) is 84.2 cm³/mol. The molecular formula is C16H33N3O. The summed E-state index contributed by atoms with van der Waals surface area (Å²) in [5.41, 5.74) is 0. The van der Waals surface area contributed by atoms with Gasteiger partial charge in [-0.2, -0.15) is 0 Å². The summed E-state index contributed by atoms with van der Waals surface area (Å²) in [4.78, 5) is 5.22. The van der Waals surface area contributed by atoms with Crippen molar-refractivity contribution in [2.24, 2.45) is 0 Å². The van der Waals surface area contributed by atoms with Crippen LogP contribution < -0.4 is 5.32 Å². The lowest BCUT2D eigenvalue weighted by molar-refractivity contribution is 0.0780. The van der Waals surface area contributed by atoms with Crippen molar-refractivity contribution in [1.82, 2.24) is 15.1 Å². The van der Waals surface area contributed by atoms with Crippen LogP contribution in [0.4, 0.5) is 0 Å². The van der Waals surface area contributed by atoms with Gasteiger partial charge in [-0.15, -0.1) is 0 Å². The van der Waals surface area contributed by atoms with Crippen molar-refractivity contribution >= 4 is 0 Å². The molecule has 2 rings (SSSR count). The molecule has 4 heteroatoms. The number of piperazine rings is 1. The van der Waals surface area contributed by atoms with Gasteiger partial charge < -0.3 is 10.1 Å². The van der Waals surface area contributed by atoms with Crippen LogP contribution in [0.25, 0.3) is 0 Å². The first-order chi connectivity index (χ1) is 9.70. The fourth-order valence-corrected chi connectivity index (χ4v) is 3.26. The molecule has 0 radical (unpaired) electrons. The minimum atomic E-state index is 0.442. The Hall–Kier alpha value is -0.160. The summed E-state index contributed by atoms with van der Waals surface area (Å²) < 4.78 is 5.73. The highest BCUT2D eigenvalue weighted by Crippen LogP contribution is 2.15. The van der Waals surface area contributed by atoms with Crippen molar-refractivity contribution in [1.29, 1.82) is 0 Å². The Morgan fingerprint density at radius 3 is 2.55 bits per heavy atom. The van der Waals surface area contributed by atoms with Gasteiger partial charge in [0.05, 0.1) is 6.10 Å². The van der Waals surface area contributed by atoms with Gasteiger partial charge in [0, 0.05) is 58.0 Å². The van der Waals surface area contributed by atoms with Crippen LogP contribution in [0.15, 0.2) is 0 Å². The van der Waals surface area contributed by atoms with E-state index < -0.39 is 0 Å². The zero-order valence-electron chi connectivity index (χ0n) is 13.6. The van der Waals surface area contributed by atoms with E-state index in [0.717, 1.165) is 19.2 Å². The maximum atomic E-state index is 5.73. The van der Waals surface area contributed by atoms with E-state index in [1.165, 1.54) is 52.0 Å². The van der Waals surface area contributed by atoms with Crippen LogP contribution in [0.2, 0.25) is 0 Å². The second kappa shape index (κ2) is 8.32. The minimum Gasteiger partial charge on any atom is -0.377 e. The molecule has 0 spiro atoms. The molecule has 0 amide bonds. The van der Waals surface area contributed by atoms with Gasteiger partial charge in [0.1, 0.15) is 0 Å². The largest absolute Gasteiger partial charge is 0.377 e. The van der Waals surface area contributed by atoms with Gasteiger partial charge in [0.25, 0.3) is 0 Å². The molecule has 2 saturated heterocycles. The van der Waals surface area contributed by atoms with E-state index in [2.05, 4.69) is 35.9 Å². The highest BCUT2D eigenvalue weighted by molar-refractivity contribution is 4.79. The highest BCUT2D eigenvalue weighted by atomic mass is 16.5. The molecule has 0 aromatic heterocycles. The van der Waals surface area contributed by atoms with E-state index in [1.54, 1.807) is 0 Å². The first kappa shape index (κ1) is 16.2. The smallest absolute Gasteiger partial charge is 0.0726 e. The van der Waals surface area contributed by atoms with Gasteiger partial charge in [-0.25, -0.2) is 0 Å². The molecule has 0 aliphatic carbocycles. The number of rotatable bonds is 7. The first-order valence-electron chi connectivity index (χ1n) is 8.52. The molecule has 0 bridgehead atoms. The van der Waals surface area contributed by atoms with Crippen LogP contribution in [0.5, 0.6) is 0 Å². The van der Waals surface area contributed by atoms with E-state index >= 15 is 0 Å². The summed E-state index contributed by atoms with van der Waals surface area (Å²) in [6.45, 7) is 15.0. The quantitative estimate of drug-likeness (QED) is 0.767. The number of hydrogen-bond donors (Lipinski definition) is 1. The zero-order valence-corrected chi connectivity index (χ0v) is 13.6. The Labute approximate surface area is 124 Å². The summed E-state index contributed by atoms with van der Waals surface area (Å²) in [6, 6.07) is 1.24. The Kier molecular flexibility index (Phi) is 6.75. The molecular weight excluding hydrogens is 250 g/mol. The summed E-state index contributed by atoms with van der Waals surface area (Å²) in [5.74, 6) is 0. The molecule has 2 heterocycles. The maximum Gasteiger partial charge on any atom is 0.0726 e.